The van der Waals surface area contributed by atoms with Crippen LogP contribution in [-0.4, -0.2) is 7.25 Å². The Bertz CT molecular complexity index is 703. The minimum atomic E-state index is -6.00. The number of ether oxygens (including phenoxy) is 1. The molecule has 0 bridgehead atoms. The van der Waals surface area contributed by atoms with Crippen molar-refractivity contribution < 1.29 is 30.8 Å². The van der Waals surface area contributed by atoms with E-state index in [0.29, 0.717) is 17.0 Å². The first-order valence-corrected chi connectivity index (χ1v) is 6.05. The molecule has 122 valence electrons. The van der Waals surface area contributed by atoms with Gasteiger partial charge in [0.25, 0.3) is 0 Å². The van der Waals surface area contributed by atoms with Crippen LogP contribution in [0, 0.1) is 24.0 Å². The molecular weight excluding hydrogens is 325 g/mol. The van der Waals surface area contributed by atoms with E-state index < -0.39 is 18.9 Å². The molecular formula is C13H9BF6N2O. The highest BCUT2D eigenvalue weighted by molar-refractivity contribution is 6.50. The van der Waals surface area contributed by atoms with Gasteiger partial charge in [0.05, 0.1) is 0 Å². The summed E-state index contributed by atoms with van der Waals surface area (Å²) >= 11 is 0. The van der Waals surface area contributed by atoms with Gasteiger partial charge in [0, 0.05) is 29.8 Å². The third kappa shape index (κ3) is 7.22. The molecule has 0 fully saturated rings. The molecule has 10 heteroatoms. The Morgan fingerprint density at radius 3 is 1.87 bits per heavy atom. The molecule has 0 heterocycles. The lowest BCUT2D eigenvalue weighted by Crippen LogP contribution is -2.02. The second-order valence-corrected chi connectivity index (χ2v) is 4.25. The molecule has 23 heavy (non-hydrogen) atoms. The number of hydrogen-bond donors (Lipinski definition) is 0. The quantitative estimate of drug-likeness (QED) is 0.392. The van der Waals surface area contributed by atoms with Gasteiger partial charge in [-0.1, -0.05) is 0 Å². The van der Waals surface area contributed by atoms with E-state index in [4.69, 9.17) is 10.1 Å². The predicted molar refractivity (Wildman–Crippen MR) is 72.5 cm³/mol. The zero-order chi connectivity index (χ0) is 17.6. The van der Waals surface area contributed by atoms with E-state index in [1.165, 1.54) is 0 Å². The molecule has 3 nitrogen and oxygen atoms in total. The van der Waals surface area contributed by atoms with Crippen LogP contribution in [0.15, 0.2) is 36.4 Å². The van der Waals surface area contributed by atoms with Gasteiger partial charge in [0.15, 0.2) is 4.98 Å². The monoisotopic (exact) mass is 334 g/mol. The summed E-state index contributed by atoms with van der Waals surface area (Å²) in [4.78, 5) is 3.07. The van der Waals surface area contributed by atoms with Gasteiger partial charge in [-0.25, -0.2) is 8.78 Å². The van der Waals surface area contributed by atoms with E-state index in [-0.39, 0.29) is 5.75 Å². The summed E-state index contributed by atoms with van der Waals surface area (Å²) in [6, 6.07) is 7.64. The molecule has 2 rings (SSSR count). The standard InChI is InChI=1S/C13H9F2N2O.BF4/c1-8-4-11(2-3-13(8)17-16)18-12-6-9(14)5-10(15)7-12;2-1(3,4)5/h2-7H,1H3;/q+1;-1. The Morgan fingerprint density at radius 1 is 0.913 bits per heavy atom. The lowest BCUT2D eigenvalue weighted by atomic mass is 10.2. The maximum Gasteiger partial charge on any atom is 0.673 e. The van der Waals surface area contributed by atoms with Gasteiger partial charge in [0.2, 0.25) is 5.39 Å². The van der Waals surface area contributed by atoms with Crippen LogP contribution in [0.1, 0.15) is 5.56 Å². The number of aryl methyl sites for hydroxylation is 1. The van der Waals surface area contributed by atoms with Gasteiger partial charge in [0.1, 0.15) is 23.1 Å². The molecule has 0 amide bonds. The lowest BCUT2D eigenvalue weighted by molar-refractivity contribution is 0.368. The molecule has 0 aliphatic rings. The van der Waals surface area contributed by atoms with Gasteiger partial charge in [-0.3, -0.25) is 0 Å². The second-order valence-electron chi connectivity index (χ2n) is 4.25. The smallest absolute Gasteiger partial charge is 0.457 e. The van der Waals surface area contributed by atoms with Gasteiger partial charge >= 0.3 is 12.9 Å². The fraction of sp³-hybridized carbons (Fsp3) is 0.0769. The van der Waals surface area contributed by atoms with Crippen LogP contribution >= 0.6 is 0 Å². The molecule has 0 saturated heterocycles. The molecule has 0 aliphatic carbocycles. The number of nitrogens with zero attached hydrogens (tertiary/aromatic N) is 2. The van der Waals surface area contributed by atoms with Crippen molar-refractivity contribution >= 4 is 12.9 Å². The third-order valence-electron chi connectivity index (χ3n) is 2.35. The molecule has 0 radical (unpaired) electrons. The molecule has 0 saturated carbocycles. The topological polar surface area (TPSA) is 37.4 Å². The summed E-state index contributed by atoms with van der Waals surface area (Å²) < 4.78 is 70.2. The van der Waals surface area contributed by atoms with Crippen molar-refractivity contribution in [1.29, 1.82) is 5.39 Å². The average molecular weight is 334 g/mol. The van der Waals surface area contributed by atoms with Gasteiger partial charge in [-0.2, -0.15) is 0 Å². The lowest BCUT2D eigenvalue weighted by Gasteiger charge is -2.05. The molecule has 2 aromatic carbocycles. The average Bonchev–Trinajstić information content (AvgIpc) is 2.35. The fourth-order valence-corrected chi connectivity index (χ4v) is 1.53. The minimum absolute atomic E-state index is 0.0700. The number of hydrogen-bond acceptors (Lipinski definition) is 2. The summed E-state index contributed by atoms with van der Waals surface area (Å²) in [7, 11) is -6.00. The number of halogens is 6. The summed E-state index contributed by atoms with van der Waals surface area (Å²) in [5.74, 6) is -0.933. The van der Waals surface area contributed by atoms with Crippen molar-refractivity contribution in [1.82, 2.24) is 0 Å². The van der Waals surface area contributed by atoms with Crippen LogP contribution < -0.4 is 4.74 Å². The van der Waals surface area contributed by atoms with Crippen LogP contribution in [0.2, 0.25) is 0 Å². The van der Waals surface area contributed by atoms with Crippen molar-refractivity contribution in [3.8, 4) is 11.5 Å². The van der Waals surface area contributed by atoms with Crippen molar-refractivity contribution in [3.63, 3.8) is 0 Å². The predicted octanol–water partition coefficient (Wildman–Crippen LogP) is 5.85. The molecule has 0 atom stereocenters. The Labute approximate surface area is 127 Å². The van der Waals surface area contributed by atoms with Gasteiger partial charge in [-0.15, -0.1) is 0 Å². The second kappa shape index (κ2) is 7.53. The van der Waals surface area contributed by atoms with Crippen molar-refractivity contribution in [3.05, 3.63) is 58.6 Å². The van der Waals surface area contributed by atoms with Crippen LogP contribution in [0.25, 0.3) is 4.98 Å². The molecule has 0 N–H and O–H groups in total. The van der Waals surface area contributed by atoms with E-state index in [0.717, 1.165) is 18.2 Å². The third-order valence-corrected chi connectivity index (χ3v) is 2.35. The Balaban J connectivity index is 0.000000463. The van der Waals surface area contributed by atoms with Crippen LogP contribution in [0.4, 0.5) is 31.7 Å². The normalized spacial score (nSPS) is 10.3. The van der Waals surface area contributed by atoms with Crippen LogP contribution in [0.3, 0.4) is 0 Å². The highest BCUT2D eigenvalue weighted by Crippen LogP contribution is 2.28. The highest BCUT2D eigenvalue weighted by atomic mass is 19.5. The zero-order valence-electron chi connectivity index (χ0n) is 11.6. The van der Waals surface area contributed by atoms with Crippen molar-refractivity contribution in [2.24, 2.45) is 0 Å². The largest absolute Gasteiger partial charge is 0.673 e. The van der Waals surface area contributed by atoms with E-state index in [1.807, 2.05) is 0 Å². The van der Waals surface area contributed by atoms with E-state index in [2.05, 4.69) is 4.98 Å². The molecule has 0 spiro atoms. The summed E-state index contributed by atoms with van der Waals surface area (Å²) in [5, 5.41) is 8.66. The SMILES string of the molecule is Cc1cc(Oc2cc(F)cc(F)c2)ccc1[N+]#N.F[B-](F)(F)F. The Kier molecular flexibility index (Phi) is 6.01. The minimum Gasteiger partial charge on any atom is -0.457 e. The summed E-state index contributed by atoms with van der Waals surface area (Å²) in [6.45, 7) is 1.73. The molecule has 2 aromatic rings. The van der Waals surface area contributed by atoms with Crippen molar-refractivity contribution in [2.75, 3.05) is 0 Å². The first-order valence-electron chi connectivity index (χ1n) is 6.05. The molecule has 0 unspecified atom stereocenters. The summed E-state index contributed by atoms with van der Waals surface area (Å²) in [5.41, 5.74) is 1.10. The number of rotatable bonds is 2. The maximum atomic E-state index is 13.0. The van der Waals surface area contributed by atoms with Crippen molar-refractivity contribution in [2.45, 2.75) is 6.92 Å². The summed E-state index contributed by atoms with van der Waals surface area (Å²) in [6.07, 6.45) is 0. The highest BCUT2D eigenvalue weighted by Gasteiger charge is 2.20. The van der Waals surface area contributed by atoms with Gasteiger partial charge < -0.3 is 22.0 Å². The number of diazo groups is 1. The Morgan fingerprint density at radius 2 is 1.43 bits per heavy atom. The fourth-order valence-electron chi connectivity index (χ4n) is 1.53. The molecule has 0 aromatic heterocycles. The van der Waals surface area contributed by atoms with Crippen LogP contribution in [-0.2, 0) is 0 Å². The number of benzene rings is 2. The first-order chi connectivity index (χ1) is 10.6. The Hall–Kier alpha value is -2.70. The zero-order valence-corrected chi connectivity index (χ0v) is 11.6. The first kappa shape index (κ1) is 18.4. The van der Waals surface area contributed by atoms with E-state index >= 15 is 0 Å². The van der Waals surface area contributed by atoms with Gasteiger partial charge in [-0.05, 0) is 19.1 Å². The maximum absolute atomic E-state index is 13.0. The van der Waals surface area contributed by atoms with Crippen LogP contribution in [0.5, 0.6) is 11.5 Å². The molecule has 0 aliphatic heterocycles. The van der Waals surface area contributed by atoms with E-state index in [9.17, 15) is 26.0 Å². The van der Waals surface area contributed by atoms with E-state index in [1.54, 1.807) is 25.1 Å².